The van der Waals surface area contributed by atoms with Crippen molar-refractivity contribution in [2.75, 3.05) is 13.2 Å². The van der Waals surface area contributed by atoms with E-state index in [0.29, 0.717) is 19.4 Å². The maximum atomic E-state index is 12.5. The first-order chi connectivity index (χ1) is 36.0. The molecule has 6 nitrogen and oxygen atoms in total. The minimum atomic E-state index is -0.848. The number of hydrogen-bond donors (Lipinski definition) is 3. The topological polar surface area (TPSA) is 95.9 Å². The monoisotopic (exact) mass is 1030 g/mol. The molecular formula is C67H127NO5. The molecule has 0 aromatic heterocycles. The van der Waals surface area contributed by atoms with Gasteiger partial charge in [-0.05, 0) is 64.2 Å². The van der Waals surface area contributed by atoms with Crippen molar-refractivity contribution in [1.29, 1.82) is 0 Å². The summed E-state index contributed by atoms with van der Waals surface area (Å²) in [6.07, 6.45) is 79.0. The Labute approximate surface area is 455 Å². The summed E-state index contributed by atoms with van der Waals surface area (Å²) in [5.74, 6) is -0.0662. The van der Waals surface area contributed by atoms with Crippen molar-refractivity contribution in [3.63, 3.8) is 0 Å². The van der Waals surface area contributed by atoms with E-state index < -0.39 is 12.1 Å². The van der Waals surface area contributed by atoms with Gasteiger partial charge in [0.25, 0.3) is 0 Å². The van der Waals surface area contributed by atoms with Gasteiger partial charge in [0.15, 0.2) is 0 Å². The summed E-state index contributed by atoms with van der Waals surface area (Å²) >= 11 is 0. The molecular weight excluding hydrogens is 899 g/mol. The molecule has 1 amide bonds. The van der Waals surface area contributed by atoms with Gasteiger partial charge in [-0.15, -0.1) is 0 Å². The average Bonchev–Trinajstić information content (AvgIpc) is 3.39. The minimum absolute atomic E-state index is 0.00318. The second-order valence-electron chi connectivity index (χ2n) is 22.5. The number of amides is 1. The molecule has 0 spiro atoms. The van der Waals surface area contributed by atoms with Crippen molar-refractivity contribution >= 4 is 11.9 Å². The van der Waals surface area contributed by atoms with E-state index in [4.69, 9.17) is 4.74 Å². The highest BCUT2D eigenvalue weighted by Crippen LogP contribution is 2.18. The summed E-state index contributed by atoms with van der Waals surface area (Å²) in [6.45, 7) is 4.89. The van der Waals surface area contributed by atoms with E-state index in [1.807, 2.05) is 6.08 Å². The Morgan fingerprint density at radius 1 is 0.384 bits per heavy atom. The lowest BCUT2D eigenvalue weighted by Crippen LogP contribution is -2.45. The van der Waals surface area contributed by atoms with Gasteiger partial charge in [-0.25, -0.2) is 0 Å². The standard InChI is InChI=1S/C67H127NO5/c1-3-5-7-9-11-13-15-17-19-21-23-27-31-35-39-43-47-51-55-59-65(70)64(63-69)68-66(71)60-56-52-48-44-40-36-32-28-25-26-30-34-38-42-46-50-54-58-62-73-67(72)61-57-53-49-45-41-37-33-29-24-22-20-18-16-14-12-10-8-6-4-2/h12,14,18,20,55,59,64-65,69-70H,3-11,13,15-17,19,21-54,56-58,60-63H2,1-2H3,(H,68,71)/b14-12-,20-18-,59-55+. The van der Waals surface area contributed by atoms with E-state index in [1.54, 1.807) is 6.08 Å². The van der Waals surface area contributed by atoms with Crippen molar-refractivity contribution in [2.45, 2.75) is 366 Å². The van der Waals surface area contributed by atoms with Crippen molar-refractivity contribution in [2.24, 2.45) is 0 Å². The molecule has 0 aromatic rings. The summed E-state index contributed by atoms with van der Waals surface area (Å²) in [5.41, 5.74) is 0. The van der Waals surface area contributed by atoms with E-state index >= 15 is 0 Å². The number of aliphatic hydroxyl groups is 2. The molecule has 0 heterocycles. The van der Waals surface area contributed by atoms with Crippen LogP contribution < -0.4 is 5.32 Å². The van der Waals surface area contributed by atoms with Crippen LogP contribution in [0, 0.1) is 0 Å². The van der Waals surface area contributed by atoms with Crippen molar-refractivity contribution in [3.8, 4) is 0 Å². The number of carbonyl (C=O) groups excluding carboxylic acids is 2. The molecule has 73 heavy (non-hydrogen) atoms. The molecule has 0 aliphatic carbocycles. The molecule has 430 valence electrons. The number of unbranched alkanes of at least 4 members (excludes halogenated alkanes) is 46. The fourth-order valence-corrected chi connectivity index (χ4v) is 10.1. The first kappa shape index (κ1) is 71.1. The molecule has 3 N–H and O–H groups in total. The lowest BCUT2D eigenvalue weighted by molar-refractivity contribution is -0.143. The Balaban J connectivity index is 3.42. The molecule has 0 saturated carbocycles. The molecule has 0 aromatic carbocycles. The largest absolute Gasteiger partial charge is 0.466 e. The highest BCUT2D eigenvalue weighted by atomic mass is 16.5. The highest BCUT2D eigenvalue weighted by molar-refractivity contribution is 5.76. The Morgan fingerprint density at radius 3 is 1.07 bits per heavy atom. The third-order valence-corrected chi connectivity index (χ3v) is 15.2. The van der Waals surface area contributed by atoms with E-state index in [1.165, 1.54) is 276 Å². The van der Waals surface area contributed by atoms with Gasteiger partial charge in [-0.3, -0.25) is 9.59 Å². The fourth-order valence-electron chi connectivity index (χ4n) is 10.1. The van der Waals surface area contributed by atoms with E-state index in [0.717, 1.165) is 51.4 Å². The highest BCUT2D eigenvalue weighted by Gasteiger charge is 2.18. The van der Waals surface area contributed by atoms with E-state index in [2.05, 4.69) is 43.5 Å². The lowest BCUT2D eigenvalue weighted by Gasteiger charge is -2.20. The Hall–Kier alpha value is -1.92. The van der Waals surface area contributed by atoms with Crippen LogP contribution in [0.5, 0.6) is 0 Å². The lowest BCUT2D eigenvalue weighted by atomic mass is 10.0. The van der Waals surface area contributed by atoms with Crippen LogP contribution in [0.3, 0.4) is 0 Å². The predicted molar refractivity (Wildman–Crippen MR) is 319 cm³/mol. The first-order valence-corrected chi connectivity index (χ1v) is 32.8. The predicted octanol–water partition coefficient (Wildman–Crippen LogP) is 20.8. The Kier molecular flexibility index (Phi) is 61.0. The summed E-state index contributed by atoms with van der Waals surface area (Å²) in [5, 5.41) is 23.2. The molecule has 0 radical (unpaired) electrons. The van der Waals surface area contributed by atoms with Crippen molar-refractivity contribution in [1.82, 2.24) is 5.32 Å². The molecule has 0 aliphatic heterocycles. The van der Waals surface area contributed by atoms with Crippen LogP contribution >= 0.6 is 0 Å². The van der Waals surface area contributed by atoms with Crippen LogP contribution in [-0.2, 0) is 14.3 Å². The molecule has 2 unspecified atom stereocenters. The number of allylic oxidation sites excluding steroid dienone is 5. The third kappa shape index (κ3) is 59.2. The van der Waals surface area contributed by atoms with Crippen molar-refractivity contribution in [3.05, 3.63) is 36.5 Å². The molecule has 0 bridgehead atoms. The summed E-state index contributed by atoms with van der Waals surface area (Å²) < 4.78 is 5.50. The van der Waals surface area contributed by atoms with Crippen LogP contribution in [0.4, 0.5) is 0 Å². The zero-order valence-corrected chi connectivity index (χ0v) is 49.1. The zero-order chi connectivity index (χ0) is 52.9. The number of hydrogen-bond acceptors (Lipinski definition) is 5. The van der Waals surface area contributed by atoms with Gasteiger partial charge in [-0.2, -0.15) is 0 Å². The van der Waals surface area contributed by atoms with Gasteiger partial charge in [-0.1, -0.05) is 314 Å². The van der Waals surface area contributed by atoms with Crippen LogP contribution in [0.1, 0.15) is 354 Å². The number of rotatable bonds is 61. The summed E-state index contributed by atoms with van der Waals surface area (Å²) in [4.78, 5) is 24.6. The van der Waals surface area contributed by atoms with Crippen LogP contribution in [0.25, 0.3) is 0 Å². The van der Waals surface area contributed by atoms with Gasteiger partial charge in [0.2, 0.25) is 5.91 Å². The Bertz CT molecular complexity index is 1180. The second kappa shape index (κ2) is 62.6. The minimum Gasteiger partial charge on any atom is -0.466 e. The summed E-state index contributed by atoms with van der Waals surface area (Å²) in [7, 11) is 0. The van der Waals surface area contributed by atoms with Gasteiger partial charge < -0.3 is 20.3 Å². The summed E-state index contributed by atoms with van der Waals surface area (Å²) in [6, 6.07) is -0.632. The Morgan fingerprint density at radius 2 is 0.685 bits per heavy atom. The van der Waals surface area contributed by atoms with E-state index in [9.17, 15) is 19.8 Å². The molecule has 0 fully saturated rings. The number of esters is 1. The quantitative estimate of drug-likeness (QED) is 0.0320. The second-order valence-corrected chi connectivity index (χ2v) is 22.5. The fraction of sp³-hybridized carbons (Fsp3) is 0.881. The SMILES string of the molecule is CCCCC/C=C\C/C=C\CCCCCCCCCCCC(=O)OCCCCCCCCCCCCCCCCCCCCC(=O)NC(CO)C(O)/C=C/CCCCCCCCCCCCCCCCCCC. The maximum Gasteiger partial charge on any atom is 0.305 e. The van der Waals surface area contributed by atoms with Crippen molar-refractivity contribution < 1.29 is 24.5 Å². The molecule has 0 saturated heterocycles. The molecule has 0 rings (SSSR count). The number of ether oxygens (including phenoxy) is 1. The van der Waals surface area contributed by atoms with Crippen LogP contribution in [-0.4, -0.2) is 47.4 Å². The van der Waals surface area contributed by atoms with Crippen LogP contribution in [0.2, 0.25) is 0 Å². The number of nitrogens with one attached hydrogen (secondary N) is 1. The smallest absolute Gasteiger partial charge is 0.305 e. The van der Waals surface area contributed by atoms with E-state index in [-0.39, 0.29) is 18.5 Å². The van der Waals surface area contributed by atoms with Gasteiger partial charge >= 0.3 is 5.97 Å². The molecule has 0 aliphatic rings. The molecule has 6 heteroatoms. The normalized spacial score (nSPS) is 12.8. The molecule has 2 atom stereocenters. The zero-order valence-electron chi connectivity index (χ0n) is 49.1. The number of carbonyl (C=O) groups is 2. The van der Waals surface area contributed by atoms with Crippen LogP contribution in [0.15, 0.2) is 36.5 Å². The first-order valence-electron chi connectivity index (χ1n) is 32.8. The van der Waals surface area contributed by atoms with Gasteiger partial charge in [0, 0.05) is 12.8 Å². The van der Waals surface area contributed by atoms with Gasteiger partial charge in [0.1, 0.15) is 0 Å². The average molecular weight is 1030 g/mol. The maximum absolute atomic E-state index is 12.5. The number of aliphatic hydroxyl groups excluding tert-OH is 2. The van der Waals surface area contributed by atoms with Gasteiger partial charge in [0.05, 0.1) is 25.4 Å². The third-order valence-electron chi connectivity index (χ3n) is 15.2.